The van der Waals surface area contributed by atoms with Gasteiger partial charge in [0.05, 0.1) is 29.5 Å². The zero-order valence-corrected chi connectivity index (χ0v) is 26.7. The third kappa shape index (κ3) is 6.60. The van der Waals surface area contributed by atoms with Crippen molar-refractivity contribution in [2.24, 2.45) is 5.92 Å². The van der Waals surface area contributed by atoms with Crippen LogP contribution in [-0.2, 0) is 9.53 Å². The number of hydrogen-bond acceptors (Lipinski definition) is 9. The van der Waals surface area contributed by atoms with Crippen LogP contribution in [0, 0.1) is 12.8 Å². The molecule has 46 heavy (non-hydrogen) atoms. The monoisotopic (exact) mass is 624 g/mol. The molecular weight excluding hydrogens is 584 g/mol. The second-order valence-electron chi connectivity index (χ2n) is 12.9. The fraction of sp³-hybridized carbons (Fsp3) is 0.400. The third-order valence-electron chi connectivity index (χ3n) is 8.32. The number of aliphatic hydroxyl groups is 1. The van der Waals surface area contributed by atoms with Gasteiger partial charge < -0.3 is 29.7 Å². The van der Waals surface area contributed by atoms with Gasteiger partial charge in [-0.1, -0.05) is 24.3 Å². The van der Waals surface area contributed by atoms with Crippen LogP contribution in [-0.4, -0.2) is 74.8 Å². The molecule has 0 spiro atoms. The van der Waals surface area contributed by atoms with E-state index in [0.717, 1.165) is 34.9 Å². The summed E-state index contributed by atoms with van der Waals surface area (Å²) in [7, 11) is 0. The van der Waals surface area contributed by atoms with Crippen molar-refractivity contribution in [3.05, 3.63) is 66.5 Å². The number of aromatic nitrogens is 3. The van der Waals surface area contributed by atoms with Crippen LogP contribution in [0.3, 0.4) is 0 Å². The molecule has 6 rings (SSSR count). The highest BCUT2D eigenvalue weighted by molar-refractivity contribution is 6.07. The lowest BCUT2D eigenvalue weighted by molar-refractivity contribution is -0.121. The number of pyridine rings is 1. The van der Waals surface area contributed by atoms with Crippen LogP contribution < -0.4 is 15.0 Å². The van der Waals surface area contributed by atoms with E-state index in [1.165, 1.54) is 0 Å². The molecule has 0 bridgehead atoms. The Kier molecular flexibility index (Phi) is 8.77. The van der Waals surface area contributed by atoms with E-state index in [1.54, 1.807) is 22.2 Å². The molecule has 0 aliphatic carbocycles. The van der Waals surface area contributed by atoms with E-state index in [1.807, 2.05) is 76.2 Å². The predicted molar refractivity (Wildman–Crippen MR) is 176 cm³/mol. The van der Waals surface area contributed by atoms with Crippen LogP contribution in [0.25, 0.3) is 22.0 Å². The van der Waals surface area contributed by atoms with Gasteiger partial charge in [0.15, 0.2) is 0 Å². The number of carbonyl (C=O) groups is 2. The molecule has 0 saturated carbocycles. The Morgan fingerprint density at radius 2 is 1.87 bits per heavy atom. The van der Waals surface area contributed by atoms with Gasteiger partial charge in [0.2, 0.25) is 17.7 Å². The normalized spacial score (nSPS) is 18.6. The van der Waals surface area contributed by atoms with Gasteiger partial charge in [0.1, 0.15) is 11.4 Å². The number of fused-ring (bicyclic) bond motifs is 1. The van der Waals surface area contributed by atoms with Gasteiger partial charge >= 0.3 is 6.09 Å². The number of hydrogen-bond donors (Lipinski definition) is 2. The molecule has 2 aliphatic rings. The van der Waals surface area contributed by atoms with Crippen molar-refractivity contribution in [2.45, 2.75) is 58.6 Å². The first-order valence-electron chi connectivity index (χ1n) is 15.8. The van der Waals surface area contributed by atoms with Crippen LogP contribution in [0.2, 0.25) is 0 Å². The number of carbonyl (C=O) groups excluding carboxylic acids is 2. The lowest BCUT2D eigenvalue weighted by atomic mass is 10.0. The summed E-state index contributed by atoms with van der Waals surface area (Å²) in [6.07, 6.45) is 5.39. The van der Waals surface area contributed by atoms with Crippen molar-refractivity contribution in [3.8, 4) is 22.9 Å². The topological polar surface area (TPSA) is 130 Å². The number of likely N-dealkylation sites (tertiary alicyclic amines) is 1. The van der Waals surface area contributed by atoms with Crippen LogP contribution in [0.1, 0.15) is 45.6 Å². The highest BCUT2D eigenvalue weighted by Crippen LogP contribution is 2.40. The standard InChI is InChI=1S/C35H40N6O5/c1-22-12-13-25-26(9-5-11-29(25)41-19-15-23(21-42)32(41)43)30(22)45-31-27(10-6-16-36-31)28-14-17-37-33(39-28)38-24-8-7-18-40(20-24)34(44)46-35(2,3)4/h5-6,9-14,16-17,23-24,42H,7-8,15,18-21H2,1-4H3,(H,37,38,39). The first kappa shape index (κ1) is 31.2. The van der Waals surface area contributed by atoms with Crippen LogP contribution in [0.5, 0.6) is 11.6 Å². The number of rotatable bonds is 7. The number of nitrogens with one attached hydrogen (secondary N) is 1. The number of nitrogens with zero attached hydrogens (tertiary/aromatic N) is 5. The summed E-state index contributed by atoms with van der Waals surface area (Å²) < 4.78 is 12.1. The third-order valence-corrected chi connectivity index (χ3v) is 8.32. The summed E-state index contributed by atoms with van der Waals surface area (Å²) in [5.41, 5.74) is 2.49. The Balaban J connectivity index is 1.25. The smallest absolute Gasteiger partial charge is 0.410 e. The van der Waals surface area contributed by atoms with Crippen molar-refractivity contribution in [1.82, 2.24) is 19.9 Å². The second-order valence-corrected chi connectivity index (χ2v) is 12.9. The first-order valence-corrected chi connectivity index (χ1v) is 15.8. The summed E-state index contributed by atoms with van der Waals surface area (Å²) in [5.74, 6) is 1.04. The van der Waals surface area contributed by atoms with E-state index in [0.29, 0.717) is 54.9 Å². The number of anilines is 2. The Hall–Kier alpha value is -4.77. The van der Waals surface area contributed by atoms with E-state index < -0.39 is 5.60 Å². The minimum atomic E-state index is -0.553. The zero-order chi connectivity index (χ0) is 32.4. The number of amides is 2. The number of ether oxygens (including phenoxy) is 2. The average Bonchev–Trinajstić information content (AvgIpc) is 3.41. The second kappa shape index (κ2) is 12.9. The maximum atomic E-state index is 13.0. The van der Waals surface area contributed by atoms with Gasteiger partial charge in [-0.2, -0.15) is 0 Å². The summed E-state index contributed by atoms with van der Waals surface area (Å²) in [6, 6.07) is 15.3. The maximum Gasteiger partial charge on any atom is 0.410 e. The summed E-state index contributed by atoms with van der Waals surface area (Å²) >= 11 is 0. The van der Waals surface area contributed by atoms with Crippen molar-refractivity contribution < 1.29 is 24.2 Å². The number of benzene rings is 2. The molecule has 0 radical (unpaired) electrons. The molecule has 2 fully saturated rings. The lowest BCUT2D eigenvalue weighted by Crippen LogP contribution is -2.47. The van der Waals surface area contributed by atoms with Gasteiger partial charge in [-0.15, -0.1) is 0 Å². The van der Waals surface area contributed by atoms with Gasteiger partial charge in [0.25, 0.3) is 0 Å². The SMILES string of the molecule is Cc1ccc2c(N3CCC(CO)C3=O)cccc2c1Oc1ncccc1-c1ccnc(NC2CCCN(C(=O)OC(C)(C)C)C2)n1. The minimum absolute atomic E-state index is 0.0242. The van der Waals surface area contributed by atoms with E-state index >= 15 is 0 Å². The molecule has 2 atom stereocenters. The van der Waals surface area contributed by atoms with Crippen molar-refractivity contribution in [2.75, 3.05) is 36.5 Å². The molecule has 4 aromatic rings. The van der Waals surface area contributed by atoms with Crippen LogP contribution in [0.15, 0.2) is 60.9 Å². The van der Waals surface area contributed by atoms with Crippen LogP contribution >= 0.6 is 0 Å². The number of piperidine rings is 1. The Labute approximate surface area is 268 Å². The van der Waals surface area contributed by atoms with E-state index in [9.17, 15) is 14.7 Å². The van der Waals surface area contributed by atoms with Crippen LogP contribution in [0.4, 0.5) is 16.4 Å². The van der Waals surface area contributed by atoms with E-state index in [-0.39, 0.29) is 30.6 Å². The molecule has 2 aliphatic heterocycles. The molecule has 11 nitrogen and oxygen atoms in total. The number of aliphatic hydroxyl groups excluding tert-OH is 1. The number of aryl methyl sites for hydroxylation is 1. The zero-order valence-electron chi connectivity index (χ0n) is 26.7. The van der Waals surface area contributed by atoms with Gasteiger partial charge in [-0.3, -0.25) is 4.79 Å². The Bertz CT molecular complexity index is 1760. The van der Waals surface area contributed by atoms with Crippen molar-refractivity contribution in [1.29, 1.82) is 0 Å². The average molecular weight is 625 g/mol. The van der Waals surface area contributed by atoms with Gasteiger partial charge in [0, 0.05) is 48.8 Å². The molecule has 2 aromatic heterocycles. The molecule has 2 saturated heterocycles. The van der Waals surface area contributed by atoms with Crippen molar-refractivity contribution in [3.63, 3.8) is 0 Å². The molecule has 11 heteroatoms. The predicted octanol–water partition coefficient (Wildman–Crippen LogP) is 5.95. The van der Waals surface area contributed by atoms with Crippen molar-refractivity contribution >= 4 is 34.4 Å². The molecule has 240 valence electrons. The summed E-state index contributed by atoms with van der Waals surface area (Å²) in [4.78, 5) is 42.9. The Morgan fingerprint density at radius 3 is 2.65 bits per heavy atom. The maximum absolute atomic E-state index is 13.0. The Morgan fingerprint density at radius 1 is 1.02 bits per heavy atom. The minimum Gasteiger partial charge on any atom is -0.444 e. The summed E-state index contributed by atoms with van der Waals surface area (Å²) in [5, 5.41) is 14.8. The molecule has 2 amide bonds. The fourth-order valence-corrected chi connectivity index (χ4v) is 6.05. The summed E-state index contributed by atoms with van der Waals surface area (Å²) in [6.45, 7) is 9.12. The fourth-order valence-electron chi connectivity index (χ4n) is 6.05. The highest BCUT2D eigenvalue weighted by Gasteiger charge is 2.33. The quantitative estimate of drug-likeness (QED) is 0.256. The first-order chi connectivity index (χ1) is 22.1. The lowest BCUT2D eigenvalue weighted by Gasteiger charge is -2.34. The van der Waals surface area contributed by atoms with E-state index in [2.05, 4.69) is 15.3 Å². The molecule has 2 unspecified atom stereocenters. The van der Waals surface area contributed by atoms with Gasteiger partial charge in [-0.25, -0.2) is 19.7 Å². The molecule has 4 heterocycles. The largest absolute Gasteiger partial charge is 0.444 e. The molecule has 2 aromatic carbocycles. The molecular formula is C35H40N6O5. The van der Waals surface area contributed by atoms with E-state index in [4.69, 9.17) is 14.5 Å². The molecule has 2 N–H and O–H groups in total. The highest BCUT2D eigenvalue weighted by atomic mass is 16.6. The van der Waals surface area contributed by atoms with Gasteiger partial charge in [-0.05, 0) is 76.8 Å².